The normalized spacial score (nSPS) is 10.5. The number of nitrogens with two attached hydrogens (primary N) is 1. The third-order valence-electron chi connectivity index (χ3n) is 3.08. The summed E-state index contributed by atoms with van der Waals surface area (Å²) in [7, 11) is 0. The van der Waals surface area contributed by atoms with Crippen LogP contribution >= 0.6 is 11.6 Å². The third kappa shape index (κ3) is 3.49. The van der Waals surface area contributed by atoms with Crippen molar-refractivity contribution >= 4 is 11.6 Å². The third-order valence-corrected chi connectivity index (χ3v) is 3.43. The van der Waals surface area contributed by atoms with Gasteiger partial charge in [-0.1, -0.05) is 35.9 Å². The van der Waals surface area contributed by atoms with Gasteiger partial charge >= 0.3 is 0 Å². The number of hydrogen-bond donors (Lipinski definition) is 1. The van der Waals surface area contributed by atoms with Gasteiger partial charge < -0.3 is 10.5 Å². The number of ether oxygens (including phenoxy) is 1. The second kappa shape index (κ2) is 6.09. The van der Waals surface area contributed by atoms with E-state index in [1.807, 2.05) is 31.2 Å². The van der Waals surface area contributed by atoms with E-state index in [0.29, 0.717) is 18.2 Å². The zero-order valence-electron chi connectivity index (χ0n) is 11.2. The van der Waals surface area contributed by atoms with Gasteiger partial charge in [0.2, 0.25) is 0 Å². The van der Waals surface area contributed by atoms with Gasteiger partial charge in [0.1, 0.15) is 12.4 Å². The summed E-state index contributed by atoms with van der Waals surface area (Å²) in [6, 6.07) is 12.0. The molecule has 0 saturated heterocycles. The minimum Gasteiger partial charge on any atom is -0.489 e. The molecule has 0 aromatic heterocycles. The summed E-state index contributed by atoms with van der Waals surface area (Å²) in [4.78, 5) is 0. The minimum absolute atomic E-state index is 0.466. The Morgan fingerprint density at radius 1 is 1.11 bits per heavy atom. The van der Waals surface area contributed by atoms with Gasteiger partial charge in [-0.25, -0.2) is 0 Å². The van der Waals surface area contributed by atoms with Gasteiger partial charge in [0, 0.05) is 17.1 Å². The quantitative estimate of drug-likeness (QED) is 0.915. The maximum Gasteiger partial charge on any atom is 0.122 e. The molecule has 0 saturated carbocycles. The zero-order valence-corrected chi connectivity index (χ0v) is 12.0. The van der Waals surface area contributed by atoms with Crippen molar-refractivity contribution in [1.29, 1.82) is 0 Å². The molecule has 0 aliphatic rings. The monoisotopic (exact) mass is 275 g/mol. The second-order valence-electron chi connectivity index (χ2n) is 4.69. The Bertz CT molecular complexity index is 581. The van der Waals surface area contributed by atoms with E-state index in [9.17, 15) is 0 Å². The summed E-state index contributed by atoms with van der Waals surface area (Å²) in [5.74, 6) is 0.902. The molecule has 2 rings (SSSR count). The van der Waals surface area contributed by atoms with Gasteiger partial charge in [0.15, 0.2) is 0 Å². The lowest BCUT2D eigenvalue weighted by Gasteiger charge is -2.11. The number of halogens is 1. The van der Waals surface area contributed by atoms with Gasteiger partial charge in [-0.3, -0.25) is 0 Å². The van der Waals surface area contributed by atoms with E-state index >= 15 is 0 Å². The van der Waals surface area contributed by atoms with Crippen molar-refractivity contribution < 1.29 is 4.74 Å². The first-order valence-electron chi connectivity index (χ1n) is 6.27. The molecule has 2 aromatic carbocycles. The highest BCUT2D eigenvalue weighted by atomic mass is 35.5. The van der Waals surface area contributed by atoms with Gasteiger partial charge in [-0.15, -0.1) is 0 Å². The number of benzene rings is 2. The molecule has 0 aliphatic carbocycles. The molecule has 0 atom stereocenters. The summed E-state index contributed by atoms with van der Waals surface area (Å²) in [5.41, 5.74) is 9.89. The first-order chi connectivity index (χ1) is 9.10. The SMILES string of the molecule is Cc1ccc(C)c(OCc2ccc(CN)cc2Cl)c1. The van der Waals surface area contributed by atoms with Crippen LogP contribution in [0.5, 0.6) is 5.75 Å². The van der Waals surface area contributed by atoms with Gasteiger partial charge in [0.25, 0.3) is 0 Å². The molecule has 100 valence electrons. The molecule has 2 aromatic rings. The van der Waals surface area contributed by atoms with Crippen LogP contribution in [0.1, 0.15) is 22.3 Å². The molecule has 0 aliphatic heterocycles. The predicted octanol–water partition coefficient (Wildman–Crippen LogP) is 3.99. The van der Waals surface area contributed by atoms with Crippen molar-refractivity contribution in [2.75, 3.05) is 0 Å². The van der Waals surface area contributed by atoms with Crippen molar-refractivity contribution in [3.8, 4) is 5.75 Å². The van der Waals surface area contributed by atoms with Crippen LogP contribution in [0, 0.1) is 13.8 Å². The summed E-state index contributed by atoms with van der Waals surface area (Å²) < 4.78 is 5.84. The van der Waals surface area contributed by atoms with Crippen molar-refractivity contribution in [3.05, 3.63) is 63.7 Å². The molecule has 0 fully saturated rings. The second-order valence-corrected chi connectivity index (χ2v) is 5.09. The molecule has 3 heteroatoms. The number of aryl methyl sites for hydroxylation is 2. The molecule has 2 N–H and O–H groups in total. The van der Waals surface area contributed by atoms with E-state index in [-0.39, 0.29) is 0 Å². The van der Waals surface area contributed by atoms with Crippen molar-refractivity contribution in [1.82, 2.24) is 0 Å². The Hall–Kier alpha value is -1.51. The van der Waals surface area contributed by atoms with Crippen molar-refractivity contribution in [2.45, 2.75) is 27.0 Å². The van der Waals surface area contributed by atoms with Gasteiger partial charge in [-0.05, 0) is 42.7 Å². The van der Waals surface area contributed by atoms with E-state index in [1.165, 1.54) is 5.56 Å². The van der Waals surface area contributed by atoms with Crippen LogP contribution in [0.25, 0.3) is 0 Å². The molecule has 0 amide bonds. The first-order valence-corrected chi connectivity index (χ1v) is 6.65. The molecular formula is C16H18ClNO. The van der Waals surface area contributed by atoms with Crippen LogP contribution in [0.15, 0.2) is 36.4 Å². The molecule has 0 spiro atoms. The fourth-order valence-electron chi connectivity index (χ4n) is 1.85. The molecule has 0 heterocycles. The van der Waals surface area contributed by atoms with E-state index < -0.39 is 0 Å². The van der Waals surface area contributed by atoms with Gasteiger partial charge in [0.05, 0.1) is 0 Å². The van der Waals surface area contributed by atoms with Crippen LogP contribution < -0.4 is 10.5 Å². The Labute approximate surface area is 119 Å². The lowest BCUT2D eigenvalue weighted by Crippen LogP contribution is -2.00. The van der Waals surface area contributed by atoms with E-state index in [1.54, 1.807) is 0 Å². The summed E-state index contributed by atoms with van der Waals surface area (Å²) in [6.07, 6.45) is 0. The predicted molar refractivity (Wildman–Crippen MR) is 79.6 cm³/mol. The summed E-state index contributed by atoms with van der Waals surface area (Å²) in [6.45, 7) is 5.05. The zero-order chi connectivity index (χ0) is 13.8. The molecule has 19 heavy (non-hydrogen) atoms. The lowest BCUT2D eigenvalue weighted by molar-refractivity contribution is 0.304. The highest BCUT2D eigenvalue weighted by Gasteiger charge is 2.04. The Morgan fingerprint density at radius 3 is 2.58 bits per heavy atom. The maximum atomic E-state index is 6.21. The standard InChI is InChI=1S/C16H18ClNO/c1-11-3-4-12(2)16(7-11)19-10-14-6-5-13(9-18)8-15(14)17/h3-8H,9-10,18H2,1-2H3. The number of rotatable bonds is 4. The molecule has 2 nitrogen and oxygen atoms in total. The van der Waals surface area contributed by atoms with Crippen LogP contribution in [0.3, 0.4) is 0 Å². The smallest absolute Gasteiger partial charge is 0.122 e. The first kappa shape index (κ1) is 13.9. The van der Waals surface area contributed by atoms with E-state index in [0.717, 1.165) is 22.4 Å². The lowest BCUT2D eigenvalue weighted by atomic mass is 10.1. The molecule has 0 bridgehead atoms. The fraction of sp³-hybridized carbons (Fsp3) is 0.250. The Morgan fingerprint density at radius 2 is 1.89 bits per heavy atom. The maximum absolute atomic E-state index is 6.21. The Kier molecular flexibility index (Phi) is 4.46. The highest BCUT2D eigenvalue weighted by molar-refractivity contribution is 6.31. The largest absolute Gasteiger partial charge is 0.489 e. The van der Waals surface area contributed by atoms with Crippen molar-refractivity contribution in [2.24, 2.45) is 5.73 Å². The average molecular weight is 276 g/mol. The highest BCUT2D eigenvalue weighted by Crippen LogP contribution is 2.23. The minimum atomic E-state index is 0.466. The Balaban J connectivity index is 2.12. The number of hydrogen-bond acceptors (Lipinski definition) is 2. The fourth-order valence-corrected chi connectivity index (χ4v) is 2.11. The van der Waals surface area contributed by atoms with Crippen LogP contribution in [-0.4, -0.2) is 0 Å². The van der Waals surface area contributed by atoms with Crippen molar-refractivity contribution in [3.63, 3.8) is 0 Å². The molecule has 0 unspecified atom stereocenters. The molecular weight excluding hydrogens is 258 g/mol. The average Bonchev–Trinajstić information content (AvgIpc) is 2.40. The summed E-state index contributed by atoms with van der Waals surface area (Å²) in [5, 5.41) is 0.702. The van der Waals surface area contributed by atoms with Crippen LogP contribution in [-0.2, 0) is 13.2 Å². The van der Waals surface area contributed by atoms with Crippen LogP contribution in [0.2, 0.25) is 5.02 Å². The van der Waals surface area contributed by atoms with E-state index in [2.05, 4.69) is 19.1 Å². The summed E-state index contributed by atoms with van der Waals surface area (Å²) >= 11 is 6.21. The van der Waals surface area contributed by atoms with E-state index in [4.69, 9.17) is 22.1 Å². The topological polar surface area (TPSA) is 35.2 Å². The van der Waals surface area contributed by atoms with Gasteiger partial charge in [-0.2, -0.15) is 0 Å². The van der Waals surface area contributed by atoms with Crippen LogP contribution in [0.4, 0.5) is 0 Å². The molecule has 0 radical (unpaired) electrons.